The zero-order valence-corrected chi connectivity index (χ0v) is 9.46. The lowest BCUT2D eigenvalue weighted by Gasteiger charge is -2.45. The average molecular weight is 222 g/mol. The summed E-state index contributed by atoms with van der Waals surface area (Å²) in [6, 6.07) is 4.25. The monoisotopic (exact) mass is 222 g/mol. The number of likely N-dealkylation sites (tertiary alicyclic amines) is 1. The fraction of sp³-hybridized carbons (Fsp3) is 0.417. The summed E-state index contributed by atoms with van der Waals surface area (Å²) in [5.74, 6) is -0.523. The molecule has 0 aromatic heterocycles. The third-order valence-corrected chi connectivity index (χ3v) is 2.82. The molecule has 1 aromatic carbocycles. The molecule has 1 fully saturated rings. The second-order valence-electron chi connectivity index (χ2n) is 4.77. The fourth-order valence-electron chi connectivity index (χ4n) is 1.96. The van der Waals surface area contributed by atoms with Gasteiger partial charge in [0.25, 0.3) is 5.91 Å². The van der Waals surface area contributed by atoms with E-state index in [-0.39, 0.29) is 17.3 Å². The molecule has 4 heteroatoms. The number of hydrogen-bond donors (Lipinski definition) is 1. The Kier molecular flexibility index (Phi) is 2.46. The van der Waals surface area contributed by atoms with Crippen LogP contribution in [0.1, 0.15) is 22.8 Å². The Morgan fingerprint density at radius 2 is 2.12 bits per heavy atom. The minimum absolute atomic E-state index is 0.139. The van der Waals surface area contributed by atoms with E-state index in [1.807, 2.05) is 6.92 Å². The molecule has 1 aliphatic heterocycles. The van der Waals surface area contributed by atoms with Crippen molar-refractivity contribution in [2.75, 3.05) is 13.1 Å². The maximum atomic E-state index is 13.0. The first-order valence-corrected chi connectivity index (χ1v) is 5.23. The van der Waals surface area contributed by atoms with Crippen molar-refractivity contribution >= 4 is 5.91 Å². The van der Waals surface area contributed by atoms with E-state index in [4.69, 9.17) is 5.73 Å². The molecule has 0 aliphatic carbocycles. The van der Waals surface area contributed by atoms with Crippen molar-refractivity contribution in [2.24, 2.45) is 5.73 Å². The number of carbonyl (C=O) groups is 1. The molecule has 0 radical (unpaired) electrons. The van der Waals surface area contributed by atoms with Crippen molar-refractivity contribution in [2.45, 2.75) is 19.4 Å². The van der Waals surface area contributed by atoms with E-state index in [1.54, 1.807) is 17.9 Å². The van der Waals surface area contributed by atoms with Crippen LogP contribution in [-0.4, -0.2) is 29.4 Å². The molecule has 16 heavy (non-hydrogen) atoms. The summed E-state index contributed by atoms with van der Waals surface area (Å²) in [5, 5.41) is 0. The van der Waals surface area contributed by atoms with Crippen molar-refractivity contribution in [1.82, 2.24) is 4.90 Å². The van der Waals surface area contributed by atoms with Gasteiger partial charge in [0.15, 0.2) is 0 Å². The van der Waals surface area contributed by atoms with E-state index in [0.29, 0.717) is 18.7 Å². The third-order valence-electron chi connectivity index (χ3n) is 2.82. The summed E-state index contributed by atoms with van der Waals surface area (Å²) in [7, 11) is 0. The molecule has 0 atom stereocenters. The zero-order valence-electron chi connectivity index (χ0n) is 9.46. The first kappa shape index (κ1) is 11.1. The first-order valence-electron chi connectivity index (χ1n) is 5.23. The molecular formula is C12H15FN2O. The molecule has 1 aliphatic rings. The van der Waals surface area contributed by atoms with Gasteiger partial charge in [-0.1, -0.05) is 6.07 Å². The summed E-state index contributed by atoms with van der Waals surface area (Å²) in [6.07, 6.45) is 0. The van der Waals surface area contributed by atoms with Crippen molar-refractivity contribution < 1.29 is 9.18 Å². The zero-order chi connectivity index (χ0) is 11.9. The lowest BCUT2D eigenvalue weighted by molar-refractivity contribution is 0.0452. The van der Waals surface area contributed by atoms with Gasteiger partial charge in [0.1, 0.15) is 5.82 Å². The molecule has 1 amide bonds. The Labute approximate surface area is 94.0 Å². The predicted molar refractivity (Wildman–Crippen MR) is 59.6 cm³/mol. The van der Waals surface area contributed by atoms with Crippen LogP contribution in [-0.2, 0) is 0 Å². The fourth-order valence-corrected chi connectivity index (χ4v) is 1.96. The van der Waals surface area contributed by atoms with Gasteiger partial charge in [-0.25, -0.2) is 4.39 Å². The molecule has 0 unspecified atom stereocenters. The molecule has 1 saturated heterocycles. The van der Waals surface area contributed by atoms with Gasteiger partial charge in [0, 0.05) is 24.2 Å². The summed E-state index contributed by atoms with van der Waals surface area (Å²) >= 11 is 0. The Balaban J connectivity index is 2.19. The van der Waals surface area contributed by atoms with Gasteiger partial charge in [-0.05, 0) is 31.5 Å². The van der Waals surface area contributed by atoms with Crippen LogP contribution in [0, 0.1) is 12.7 Å². The molecule has 86 valence electrons. The van der Waals surface area contributed by atoms with E-state index in [0.717, 1.165) is 5.56 Å². The first-order chi connectivity index (χ1) is 7.39. The number of aryl methyl sites for hydroxylation is 1. The van der Waals surface area contributed by atoms with Crippen LogP contribution in [0.25, 0.3) is 0 Å². The molecule has 0 saturated carbocycles. The SMILES string of the molecule is Cc1ccc(F)cc1C(=O)N1CC(C)(N)C1. The van der Waals surface area contributed by atoms with E-state index in [2.05, 4.69) is 0 Å². The van der Waals surface area contributed by atoms with E-state index in [1.165, 1.54) is 12.1 Å². The predicted octanol–water partition coefficient (Wildman–Crippen LogP) is 1.31. The second kappa shape index (κ2) is 3.56. The standard InChI is InChI=1S/C12H15FN2O/c1-8-3-4-9(13)5-10(8)11(16)15-6-12(2,14)7-15/h3-5H,6-7,14H2,1-2H3. The van der Waals surface area contributed by atoms with Crippen molar-refractivity contribution in [3.05, 3.63) is 35.1 Å². The smallest absolute Gasteiger partial charge is 0.254 e. The topological polar surface area (TPSA) is 46.3 Å². The molecule has 0 spiro atoms. The quantitative estimate of drug-likeness (QED) is 0.778. The molecular weight excluding hydrogens is 207 g/mol. The Morgan fingerprint density at radius 3 is 2.69 bits per heavy atom. The number of benzene rings is 1. The highest BCUT2D eigenvalue weighted by atomic mass is 19.1. The normalized spacial score (nSPS) is 18.1. The van der Waals surface area contributed by atoms with Crippen molar-refractivity contribution in [1.29, 1.82) is 0 Å². The van der Waals surface area contributed by atoms with Gasteiger partial charge < -0.3 is 10.6 Å². The van der Waals surface area contributed by atoms with E-state index >= 15 is 0 Å². The van der Waals surface area contributed by atoms with Crippen LogP contribution in [0.2, 0.25) is 0 Å². The number of halogens is 1. The largest absolute Gasteiger partial charge is 0.335 e. The highest BCUT2D eigenvalue weighted by Crippen LogP contribution is 2.21. The van der Waals surface area contributed by atoms with Gasteiger partial charge in [0.2, 0.25) is 0 Å². The van der Waals surface area contributed by atoms with Crippen LogP contribution in [0.15, 0.2) is 18.2 Å². The lowest BCUT2D eigenvalue weighted by Crippen LogP contribution is -2.66. The van der Waals surface area contributed by atoms with Gasteiger partial charge in [0.05, 0.1) is 0 Å². The average Bonchev–Trinajstić information content (AvgIpc) is 2.17. The van der Waals surface area contributed by atoms with E-state index < -0.39 is 0 Å². The molecule has 2 rings (SSSR count). The molecule has 1 aromatic rings. The number of amides is 1. The summed E-state index contributed by atoms with van der Waals surface area (Å²) in [6.45, 7) is 4.76. The van der Waals surface area contributed by atoms with Crippen molar-refractivity contribution in [3.8, 4) is 0 Å². The van der Waals surface area contributed by atoms with Crippen LogP contribution in [0.4, 0.5) is 4.39 Å². The lowest BCUT2D eigenvalue weighted by atomic mass is 9.92. The Morgan fingerprint density at radius 1 is 1.50 bits per heavy atom. The van der Waals surface area contributed by atoms with Crippen LogP contribution in [0.5, 0.6) is 0 Å². The number of carbonyl (C=O) groups excluding carboxylic acids is 1. The van der Waals surface area contributed by atoms with Crippen LogP contribution in [0.3, 0.4) is 0 Å². The second-order valence-corrected chi connectivity index (χ2v) is 4.77. The maximum Gasteiger partial charge on any atom is 0.254 e. The number of hydrogen-bond acceptors (Lipinski definition) is 2. The summed E-state index contributed by atoms with van der Waals surface area (Å²) in [5.41, 5.74) is 6.75. The number of nitrogens with zero attached hydrogens (tertiary/aromatic N) is 1. The van der Waals surface area contributed by atoms with Crippen molar-refractivity contribution in [3.63, 3.8) is 0 Å². The van der Waals surface area contributed by atoms with Crippen LogP contribution >= 0.6 is 0 Å². The van der Waals surface area contributed by atoms with Crippen LogP contribution < -0.4 is 5.73 Å². The summed E-state index contributed by atoms with van der Waals surface area (Å²) in [4.78, 5) is 13.6. The minimum Gasteiger partial charge on any atom is -0.335 e. The molecule has 1 heterocycles. The Hall–Kier alpha value is -1.42. The highest BCUT2D eigenvalue weighted by Gasteiger charge is 2.38. The minimum atomic E-state index is -0.384. The summed E-state index contributed by atoms with van der Waals surface area (Å²) < 4.78 is 13.0. The maximum absolute atomic E-state index is 13.0. The van der Waals surface area contributed by atoms with Gasteiger partial charge in [-0.2, -0.15) is 0 Å². The number of nitrogens with two attached hydrogens (primary N) is 1. The van der Waals surface area contributed by atoms with Gasteiger partial charge in [-0.15, -0.1) is 0 Å². The van der Waals surface area contributed by atoms with E-state index in [9.17, 15) is 9.18 Å². The number of rotatable bonds is 1. The molecule has 2 N–H and O–H groups in total. The molecule has 3 nitrogen and oxygen atoms in total. The van der Waals surface area contributed by atoms with Gasteiger partial charge in [-0.3, -0.25) is 4.79 Å². The highest BCUT2D eigenvalue weighted by molar-refractivity contribution is 5.96. The van der Waals surface area contributed by atoms with Gasteiger partial charge >= 0.3 is 0 Å². The Bertz CT molecular complexity index is 435. The molecule has 0 bridgehead atoms. The third kappa shape index (κ3) is 1.93.